The molecule has 0 spiro atoms. The second-order valence-electron chi connectivity index (χ2n) is 6.87. The van der Waals surface area contributed by atoms with Crippen LogP contribution in [0.2, 0.25) is 0 Å². The Balaban J connectivity index is 1.41. The van der Waals surface area contributed by atoms with Crippen molar-refractivity contribution in [1.29, 1.82) is 0 Å². The van der Waals surface area contributed by atoms with E-state index in [1.807, 2.05) is 41.3 Å². The first kappa shape index (κ1) is 18.0. The van der Waals surface area contributed by atoms with E-state index in [1.165, 1.54) is 0 Å². The van der Waals surface area contributed by atoms with Crippen molar-refractivity contribution in [3.05, 3.63) is 78.5 Å². The summed E-state index contributed by atoms with van der Waals surface area (Å²) in [6, 6.07) is 17.5. The summed E-state index contributed by atoms with van der Waals surface area (Å²) in [5.74, 6) is 0.813. The smallest absolute Gasteiger partial charge is 0.253 e. The molecule has 142 valence electrons. The molecule has 0 saturated carbocycles. The van der Waals surface area contributed by atoms with Gasteiger partial charge in [0, 0.05) is 49.0 Å². The zero-order valence-electron chi connectivity index (χ0n) is 16.0. The Hall–Kier alpha value is -3.34. The summed E-state index contributed by atoms with van der Waals surface area (Å²) in [5, 5.41) is 1.11. The highest BCUT2D eigenvalue weighted by atomic mass is 16.5. The molecule has 2 heterocycles. The third kappa shape index (κ3) is 3.56. The quantitative estimate of drug-likeness (QED) is 0.700. The Bertz CT molecular complexity index is 1010. The minimum absolute atomic E-state index is 0.0599. The minimum Gasteiger partial charge on any atom is -0.497 e. The van der Waals surface area contributed by atoms with Crippen LogP contribution in [0.1, 0.15) is 15.9 Å². The van der Waals surface area contributed by atoms with Gasteiger partial charge in [-0.25, -0.2) is 0 Å². The van der Waals surface area contributed by atoms with Crippen LogP contribution in [-0.4, -0.2) is 54.0 Å². The molecule has 1 fully saturated rings. The van der Waals surface area contributed by atoms with E-state index in [9.17, 15) is 4.79 Å². The highest BCUT2D eigenvalue weighted by Crippen LogP contribution is 2.23. The lowest BCUT2D eigenvalue weighted by Gasteiger charge is -2.37. The molecule has 0 unspecified atom stereocenters. The summed E-state index contributed by atoms with van der Waals surface area (Å²) >= 11 is 0. The van der Waals surface area contributed by atoms with E-state index in [1.54, 1.807) is 13.3 Å². The number of hydrogen-bond donors (Lipinski definition) is 0. The average Bonchev–Trinajstić information content (AvgIpc) is 2.78. The van der Waals surface area contributed by atoms with Gasteiger partial charge in [0.1, 0.15) is 5.75 Å². The van der Waals surface area contributed by atoms with Crippen LogP contribution in [0, 0.1) is 0 Å². The molecule has 0 aliphatic carbocycles. The molecule has 1 amide bonds. The lowest BCUT2D eigenvalue weighted by atomic mass is 10.1. The van der Waals surface area contributed by atoms with Crippen LogP contribution in [0.4, 0.5) is 0 Å². The van der Waals surface area contributed by atoms with Crippen molar-refractivity contribution in [2.24, 2.45) is 0 Å². The van der Waals surface area contributed by atoms with Crippen LogP contribution in [-0.2, 0) is 0 Å². The summed E-state index contributed by atoms with van der Waals surface area (Å²) in [5.41, 5.74) is 3.75. The van der Waals surface area contributed by atoms with Crippen LogP contribution in [0.5, 0.6) is 5.75 Å². The number of hydrogen-bond acceptors (Lipinski definition) is 4. The fourth-order valence-electron chi connectivity index (χ4n) is 3.53. The number of amides is 1. The van der Waals surface area contributed by atoms with E-state index in [4.69, 9.17) is 4.74 Å². The van der Waals surface area contributed by atoms with Gasteiger partial charge in [-0.15, -0.1) is 0 Å². The standard InChI is InChI=1S/C23H23N3O2/c1-17(19-7-10-22-20(16-19)4-3-11-24-22)25-12-14-26(15-13-25)23(27)18-5-8-21(28-2)9-6-18/h3-11,16H,1,12-15H2,2H3. The van der Waals surface area contributed by atoms with Crippen molar-refractivity contribution in [2.45, 2.75) is 0 Å². The van der Waals surface area contributed by atoms with Gasteiger partial charge in [-0.3, -0.25) is 9.78 Å². The Kier molecular flexibility index (Phi) is 4.98. The van der Waals surface area contributed by atoms with Gasteiger partial charge >= 0.3 is 0 Å². The Morgan fingerprint density at radius 3 is 2.36 bits per heavy atom. The zero-order chi connectivity index (χ0) is 19.5. The van der Waals surface area contributed by atoms with E-state index in [-0.39, 0.29) is 5.91 Å². The molecule has 0 N–H and O–H groups in total. The molecule has 0 radical (unpaired) electrons. The highest BCUT2D eigenvalue weighted by molar-refractivity contribution is 5.94. The average molecular weight is 373 g/mol. The maximum Gasteiger partial charge on any atom is 0.253 e. The fraction of sp³-hybridized carbons (Fsp3) is 0.217. The summed E-state index contributed by atoms with van der Waals surface area (Å²) in [6.07, 6.45) is 1.80. The summed E-state index contributed by atoms with van der Waals surface area (Å²) in [6.45, 7) is 7.19. The molecule has 3 aromatic rings. The fourth-order valence-corrected chi connectivity index (χ4v) is 3.53. The number of pyridine rings is 1. The normalized spacial score (nSPS) is 14.2. The maximum atomic E-state index is 12.7. The molecule has 28 heavy (non-hydrogen) atoms. The zero-order valence-corrected chi connectivity index (χ0v) is 16.0. The number of carbonyl (C=O) groups is 1. The number of methoxy groups -OCH3 is 1. The monoisotopic (exact) mass is 373 g/mol. The third-order valence-electron chi connectivity index (χ3n) is 5.22. The van der Waals surface area contributed by atoms with E-state index < -0.39 is 0 Å². The van der Waals surface area contributed by atoms with Gasteiger partial charge in [0.25, 0.3) is 5.91 Å². The molecule has 1 aromatic heterocycles. The van der Waals surface area contributed by atoms with Gasteiger partial charge in [-0.2, -0.15) is 0 Å². The predicted octanol–water partition coefficient (Wildman–Crippen LogP) is 3.67. The number of benzene rings is 2. The number of carbonyl (C=O) groups excluding carboxylic acids is 1. The molecule has 1 aliphatic rings. The number of fused-ring (bicyclic) bond motifs is 1. The largest absolute Gasteiger partial charge is 0.497 e. The van der Waals surface area contributed by atoms with Crippen molar-refractivity contribution in [2.75, 3.05) is 33.3 Å². The lowest BCUT2D eigenvalue weighted by Crippen LogP contribution is -2.47. The van der Waals surface area contributed by atoms with Gasteiger partial charge < -0.3 is 14.5 Å². The maximum absolute atomic E-state index is 12.7. The van der Waals surface area contributed by atoms with Gasteiger partial charge in [-0.05, 0) is 48.0 Å². The molecular formula is C23H23N3O2. The van der Waals surface area contributed by atoms with E-state index >= 15 is 0 Å². The van der Waals surface area contributed by atoms with Crippen molar-refractivity contribution < 1.29 is 9.53 Å². The van der Waals surface area contributed by atoms with Crippen molar-refractivity contribution in [1.82, 2.24) is 14.8 Å². The predicted molar refractivity (Wildman–Crippen MR) is 111 cm³/mol. The van der Waals surface area contributed by atoms with Crippen molar-refractivity contribution >= 4 is 22.5 Å². The topological polar surface area (TPSA) is 45.7 Å². The van der Waals surface area contributed by atoms with Crippen molar-refractivity contribution in [3.8, 4) is 5.75 Å². The lowest BCUT2D eigenvalue weighted by molar-refractivity contribution is 0.0686. The van der Waals surface area contributed by atoms with Crippen LogP contribution >= 0.6 is 0 Å². The van der Waals surface area contributed by atoms with E-state index in [0.29, 0.717) is 18.7 Å². The summed E-state index contributed by atoms with van der Waals surface area (Å²) in [7, 11) is 1.62. The molecule has 0 atom stereocenters. The van der Waals surface area contributed by atoms with Gasteiger partial charge in [0.2, 0.25) is 0 Å². The number of aromatic nitrogens is 1. The number of rotatable bonds is 4. The molecule has 2 aromatic carbocycles. The van der Waals surface area contributed by atoms with Gasteiger partial charge in [0.15, 0.2) is 0 Å². The highest BCUT2D eigenvalue weighted by Gasteiger charge is 2.23. The molecule has 4 rings (SSSR count). The molecule has 1 saturated heterocycles. The minimum atomic E-state index is 0.0599. The molecule has 5 heteroatoms. The second-order valence-corrected chi connectivity index (χ2v) is 6.87. The number of ether oxygens (including phenoxy) is 1. The number of piperazine rings is 1. The van der Waals surface area contributed by atoms with Crippen LogP contribution in [0.25, 0.3) is 16.6 Å². The van der Waals surface area contributed by atoms with Crippen LogP contribution in [0.15, 0.2) is 67.4 Å². The van der Waals surface area contributed by atoms with Crippen LogP contribution < -0.4 is 4.74 Å². The van der Waals surface area contributed by atoms with Crippen LogP contribution in [0.3, 0.4) is 0 Å². The van der Waals surface area contributed by atoms with Gasteiger partial charge in [-0.1, -0.05) is 18.7 Å². The summed E-state index contributed by atoms with van der Waals surface area (Å²) < 4.78 is 5.16. The van der Waals surface area contributed by atoms with E-state index in [0.717, 1.165) is 41.0 Å². The Morgan fingerprint density at radius 1 is 0.964 bits per heavy atom. The Labute approximate surface area is 164 Å². The third-order valence-corrected chi connectivity index (χ3v) is 5.22. The second kappa shape index (κ2) is 7.72. The first-order chi connectivity index (χ1) is 13.7. The Morgan fingerprint density at radius 2 is 1.64 bits per heavy atom. The molecule has 0 bridgehead atoms. The summed E-state index contributed by atoms with van der Waals surface area (Å²) in [4.78, 5) is 21.2. The molecule has 5 nitrogen and oxygen atoms in total. The SMILES string of the molecule is C=C(c1ccc2ncccc2c1)N1CCN(C(=O)c2ccc(OC)cc2)CC1. The number of nitrogens with zero attached hydrogens (tertiary/aromatic N) is 3. The van der Waals surface area contributed by atoms with Crippen molar-refractivity contribution in [3.63, 3.8) is 0 Å². The van der Waals surface area contributed by atoms with E-state index in [2.05, 4.69) is 34.7 Å². The first-order valence-electron chi connectivity index (χ1n) is 9.38. The first-order valence-corrected chi connectivity index (χ1v) is 9.38. The van der Waals surface area contributed by atoms with Gasteiger partial charge in [0.05, 0.1) is 12.6 Å². The molecular weight excluding hydrogens is 350 g/mol. The molecule has 1 aliphatic heterocycles.